The highest BCUT2D eigenvalue weighted by Crippen LogP contribution is 2.23. The molecule has 0 aliphatic heterocycles. The quantitative estimate of drug-likeness (QED) is 0.615. The van der Waals surface area contributed by atoms with Crippen molar-refractivity contribution in [3.63, 3.8) is 0 Å². The zero-order valence-corrected chi connectivity index (χ0v) is 7.99. The first-order valence-electron chi connectivity index (χ1n) is 4.28. The molecule has 1 aromatic rings. The van der Waals surface area contributed by atoms with Crippen molar-refractivity contribution >= 4 is 11.6 Å². The molecule has 0 heterocycles. The Balaban J connectivity index is 2.90. The summed E-state index contributed by atoms with van der Waals surface area (Å²) < 4.78 is 51.4. The van der Waals surface area contributed by atoms with E-state index in [-0.39, 0.29) is 19.0 Å². The summed E-state index contributed by atoms with van der Waals surface area (Å²) in [5.41, 5.74) is 3.83. The second-order valence-electron chi connectivity index (χ2n) is 2.99. The molecule has 0 aliphatic carbocycles. The number of nitrogens with one attached hydrogen (secondary N) is 1. The van der Waals surface area contributed by atoms with Gasteiger partial charge in [0.15, 0.2) is 23.3 Å². The summed E-state index contributed by atoms with van der Waals surface area (Å²) in [4.78, 5) is 10.3. The van der Waals surface area contributed by atoms with E-state index >= 15 is 0 Å². The van der Waals surface area contributed by atoms with Gasteiger partial charge in [0, 0.05) is 19.0 Å². The Kier molecular flexibility index (Phi) is 3.70. The molecule has 0 saturated carbocycles. The van der Waals surface area contributed by atoms with E-state index in [2.05, 4.69) is 5.32 Å². The highest BCUT2D eigenvalue weighted by atomic mass is 19.2. The van der Waals surface area contributed by atoms with Crippen LogP contribution in [0.3, 0.4) is 0 Å². The van der Waals surface area contributed by atoms with Gasteiger partial charge in [-0.25, -0.2) is 17.6 Å². The molecule has 16 heavy (non-hydrogen) atoms. The van der Waals surface area contributed by atoms with Crippen molar-refractivity contribution in [2.45, 2.75) is 6.42 Å². The van der Waals surface area contributed by atoms with Crippen LogP contribution in [0.1, 0.15) is 6.42 Å². The second kappa shape index (κ2) is 4.82. The Labute approximate surface area is 88.2 Å². The fourth-order valence-corrected chi connectivity index (χ4v) is 1.04. The van der Waals surface area contributed by atoms with Crippen LogP contribution in [0.5, 0.6) is 0 Å². The predicted molar refractivity (Wildman–Crippen MR) is 48.6 cm³/mol. The van der Waals surface area contributed by atoms with Crippen LogP contribution in [0.15, 0.2) is 6.07 Å². The molecule has 0 aliphatic rings. The maximum atomic E-state index is 13.0. The van der Waals surface area contributed by atoms with E-state index in [1.54, 1.807) is 0 Å². The molecule has 0 fully saturated rings. The van der Waals surface area contributed by atoms with E-state index in [4.69, 9.17) is 5.73 Å². The van der Waals surface area contributed by atoms with Gasteiger partial charge in [-0.2, -0.15) is 0 Å². The molecular formula is C9H8F4N2O. The Morgan fingerprint density at radius 1 is 1.19 bits per heavy atom. The summed E-state index contributed by atoms with van der Waals surface area (Å²) in [6.45, 7) is -0.216. The molecule has 1 rings (SSSR count). The number of halogens is 4. The Morgan fingerprint density at radius 2 is 1.69 bits per heavy atom. The topological polar surface area (TPSA) is 55.1 Å². The largest absolute Gasteiger partial charge is 0.380 e. The first kappa shape index (κ1) is 12.3. The zero-order valence-electron chi connectivity index (χ0n) is 7.99. The molecule has 1 aromatic carbocycles. The van der Waals surface area contributed by atoms with Gasteiger partial charge in [0.05, 0.1) is 0 Å². The molecule has 7 heteroatoms. The average molecular weight is 236 g/mol. The maximum Gasteiger partial charge on any atom is 0.219 e. The van der Waals surface area contributed by atoms with Gasteiger partial charge in [-0.1, -0.05) is 0 Å². The lowest BCUT2D eigenvalue weighted by atomic mass is 10.2. The molecule has 1 amide bonds. The van der Waals surface area contributed by atoms with Crippen LogP contribution in [0, 0.1) is 23.3 Å². The van der Waals surface area contributed by atoms with Crippen LogP contribution in [-0.2, 0) is 4.79 Å². The summed E-state index contributed by atoms with van der Waals surface area (Å²) in [7, 11) is 0. The third kappa shape index (κ3) is 2.62. The monoisotopic (exact) mass is 236 g/mol. The van der Waals surface area contributed by atoms with E-state index < -0.39 is 34.9 Å². The molecule has 0 bridgehead atoms. The summed E-state index contributed by atoms with van der Waals surface area (Å²) in [6, 6.07) is 0.101. The fraction of sp³-hybridized carbons (Fsp3) is 0.222. The van der Waals surface area contributed by atoms with Crippen molar-refractivity contribution < 1.29 is 22.4 Å². The number of hydrogen-bond donors (Lipinski definition) is 2. The van der Waals surface area contributed by atoms with Crippen molar-refractivity contribution in [3.8, 4) is 0 Å². The van der Waals surface area contributed by atoms with Gasteiger partial charge in [0.1, 0.15) is 5.69 Å². The molecule has 0 spiro atoms. The molecule has 88 valence electrons. The Hall–Kier alpha value is -1.79. The molecule has 0 atom stereocenters. The fourth-order valence-electron chi connectivity index (χ4n) is 1.04. The van der Waals surface area contributed by atoms with Gasteiger partial charge < -0.3 is 11.1 Å². The molecule has 0 radical (unpaired) electrons. The third-order valence-electron chi connectivity index (χ3n) is 1.78. The lowest BCUT2D eigenvalue weighted by Gasteiger charge is -2.08. The average Bonchev–Trinajstić information content (AvgIpc) is 2.20. The minimum atomic E-state index is -1.54. The van der Waals surface area contributed by atoms with Gasteiger partial charge in [-0.15, -0.1) is 0 Å². The van der Waals surface area contributed by atoms with Crippen molar-refractivity contribution in [1.29, 1.82) is 0 Å². The van der Waals surface area contributed by atoms with E-state index in [1.807, 2.05) is 0 Å². The van der Waals surface area contributed by atoms with Crippen LogP contribution in [0.25, 0.3) is 0 Å². The molecule has 3 N–H and O–H groups in total. The van der Waals surface area contributed by atoms with Crippen molar-refractivity contribution in [2.75, 3.05) is 11.9 Å². The molecule has 0 unspecified atom stereocenters. The highest BCUT2D eigenvalue weighted by Gasteiger charge is 2.18. The van der Waals surface area contributed by atoms with Gasteiger partial charge in [-0.05, 0) is 0 Å². The van der Waals surface area contributed by atoms with Crippen LogP contribution >= 0.6 is 0 Å². The number of benzene rings is 1. The van der Waals surface area contributed by atoms with Gasteiger partial charge in [-0.3, -0.25) is 4.79 Å². The van der Waals surface area contributed by atoms with E-state index in [9.17, 15) is 22.4 Å². The standard InChI is InChI=1S/C9H8F4N2O/c10-4-3-5(11)8(13)9(7(4)12)15-2-1-6(14)16/h3,15H,1-2H2,(H2,14,16). The van der Waals surface area contributed by atoms with Gasteiger partial charge >= 0.3 is 0 Å². The highest BCUT2D eigenvalue weighted by molar-refractivity contribution is 5.74. The lowest BCUT2D eigenvalue weighted by Crippen LogP contribution is -2.17. The smallest absolute Gasteiger partial charge is 0.219 e. The number of rotatable bonds is 4. The first-order chi connectivity index (χ1) is 7.43. The maximum absolute atomic E-state index is 13.0. The number of nitrogens with two attached hydrogens (primary N) is 1. The summed E-state index contributed by atoms with van der Waals surface area (Å²) in [5, 5.41) is 2.06. The van der Waals surface area contributed by atoms with Crippen LogP contribution in [0.2, 0.25) is 0 Å². The SMILES string of the molecule is NC(=O)CCNc1c(F)c(F)cc(F)c1F. The first-order valence-corrected chi connectivity index (χ1v) is 4.28. The van der Waals surface area contributed by atoms with Crippen molar-refractivity contribution in [2.24, 2.45) is 5.73 Å². The normalized spacial score (nSPS) is 10.2. The predicted octanol–water partition coefficient (Wildman–Crippen LogP) is 1.53. The number of hydrogen-bond acceptors (Lipinski definition) is 2. The minimum absolute atomic E-state index is 0.101. The third-order valence-corrected chi connectivity index (χ3v) is 1.78. The number of primary amides is 1. The molecule has 0 saturated heterocycles. The molecular weight excluding hydrogens is 228 g/mol. The van der Waals surface area contributed by atoms with Crippen molar-refractivity contribution in [1.82, 2.24) is 0 Å². The van der Waals surface area contributed by atoms with Gasteiger partial charge in [0.25, 0.3) is 0 Å². The summed E-state index contributed by atoms with van der Waals surface area (Å²) in [5.74, 6) is -6.81. The van der Waals surface area contributed by atoms with E-state index in [0.717, 1.165) is 0 Å². The van der Waals surface area contributed by atoms with E-state index in [1.165, 1.54) is 0 Å². The molecule has 3 nitrogen and oxygen atoms in total. The Morgan fingerprint density at radius 3 is 2.12 bits per heavy atom. The summed E-state index contributed by atoms with van der Waals surface area (Å²) in [6.07, 6.45) is -0.211. The minimum Gasteiger partial charge on any atom is -0.380 e. The molecule has 0 aromatic heterocycles. The van der Waals surface area contributed by atoms with E-state index in [0.29, 0.717) is 0 Å². The zero-order chi connectivity index (χ0) is 12.3. The number of carbonyl (C=O) groups excluding carboxylic acids is 1. The Bertz CT molecular complexity index is 396. The second-order valence-corrected chi connectivity index (χ2v) is 2.99. The van der Waals surface area contributed by atoms with Crippen molar-refractivity contribution in [3.05, 3.63) is 29.3 Å². The van der Waals surface area contributed by atoms with Crippen LogP contribution < -0.4 is 11.1 Å². The van der Waals surface area contributed by atoms with Crippen LogP contribution in [-0.4, -0.2) is 12.5 Å². The number of carbonyl (C=O) groups is 1. The van der Waals surface area contributed by atoms with Gasteiger partial charge in [0.2, 0.25) is 5.91 Å². The summed E-state index contributed by atoms with van der Waals surface area (Å²) >= 11 is 0. The number of anilines is 1. The lowest BCUT2D eigenvalue weighted by molar-refractivity contribution is -0.117. The van der Waals surface area contributed by atoms with Crippen LogP contribution in [0.4, 0.5) is 23.2 Å². The number of amides is 1.